The van der Waals surface area contributed by atoms with Gasteiger partial charge in [0.25, 0.3) is 5.91 Å². The Morgan fingerprint density at radius 1 is 1.00 bits per heavy atom. The number of amides is 1. The molecule has 0 atom stereocenters. The van der Waals surface area contributed by atoms with Gasteiger partial charge < -0.3 is 10.1 Å². The first-order valence-electron chi connectivity index (χ1n) is 7.54. The Labute approximate surface area is 138 Å². The molecule has 0 aliphatic rings. The maximum atomic E-state index is 13.1. The van der Waals surface area contributed by atoms with Crippen LogP contribution in [0.5, 0.6) is 0 Å². The Kier molecular flexibility index (Phi) is 6.01. The summed E-state index contributed by atoms with van der Waals surface area (Å²) in [6.45, 7) is 2.36. The molecule has 0 bridgehead atoms. The highest BCUT2D eigenvalue weighted by atomic mass is 19.1. The summed E-state index contributed by atoms with van der Waals surface area (Å²) >= 11 is 0. The Balaban J connectivity index is 2.00. The molecule has 126 valence electrons. The molecule has 2 rings (SSSR count). The van der Waals surface area contributed by atoms with Crippen molar-refractivity contribution in [1.82, 2.24) is 0 Å². The van der Waals surface area contributed by atoms with Crippen molar-refractivity contribution in [3.8, 4) is 0 Å². The minimum atomic E-state index is -0.828. The molecule has 2 aromatic rings. The normalized spacial score (nSPS) is 10.3. The van der Waals surface area contributed by atoms with E-state index >= 15 is 0 Å². The minimum absolute atomic E-state index is 0.129. The van der Waals surface area contributed by atoms with Crippen LogP contribution in [0.1, 0.15) is 40.5 Å². The molecular weight excluding hydrogens is 316 g/mol. The first-order chi connectivity index (χ1) is 11.5. The Morgan fingerprint density at radius 3 is 2.21 bits per heavy atom. The lowest BCUT2D eigenvalue weighted by Gasteiger charge is -2.07. The third kappa shape index (κ3) is 4.87. The summed E-state index contributed by atoms with van der Waals surface area (Å²) in [6.07, 6.45) is 1.73. The van der Waals surface area contributed by atoms with E-state index in [1.807, 2.05) is 6.92 Å². The summed E-state index contributed by atoms with van der Waals surface area (Å²) in [7, 11) is 0. The maximum Gasteiger partial charge on any atom is 0.338 e. The summed E-state index contributed by atoms with van der Waals surface area (Å²) in [6, 6.07) is 8.63. The van der Waals surface area contributed by atoms with Gasteiger partial charge in [-0.1, -0.05) is 13.3 Å². The number of hydrogen-bond acceptors (Lipinski definition) is 3. The van der Waals surface area contributed by atoms with Crippen molar-refractivity contribution in [3.63, 3.8) is 0 Å². The topological polar surface area (TPSA) is 55.4 Å². The Morgan fingerprint density at radius 2 is 1.62 bits per heavy atom. The molecular formula is C18H17F2NO3. The number of carbonyl (C=O) groups excluding carboxylic acids is 2. The second kappa shape index (κ2) is 8.19. The van der Waals surface area contributed by atoms with Crippen LogP contribution in [-0.4, -0.2) is 18.5 Å². The molecule has 0 heterocycles. The number of halogens is 2. The molecule has 6 heteroatoms. The molecule has 0 spiro atoms. The van der Waals surface area contributed by atoms with E-state index in [2.05, 4.69) is 5.32 Å². The van der Waals surface area contributed by atoms with E-state index in [4.69, 9.17) is 4.74 Å². The third-order valence-corrected chi connectivity index (χ3v) is 3.23. The molecule has 24 heavy (non-hydrogen) atoms. The lowest BCUT2D eigenvalue weighted by molar-refractivity contribution is 0.0499. The second-order valence-corrected chi connectivity index (χ2v) is 5.18. The van der Waals surface area contributed by atoms with E-state index < -0.39 is 23.5 Å². The summed E-state index contributed by atoms with van der Waals surface area (Å²) in [5.74, 6) is -2.74. The number of ether oxygens (including phenoxy) is 1. The van der Waals surface area contributed by atoms with E-state index in [0.29, 0.717) is 23.9 Å². The summed E-state index contributed by atoms with van der Waals surface area (Å²) in [5, 5.41) is 2.51. The van der Waals surface area contributed by atoms with Gasteiger partial charge in [0, 0.05) is 17.3 Å². The van der Waals surface area contributed by atoms with Crippen LogP contribution in [0.15, 0.2) is 42.5 Å². The molecule has 2 aromatic carbocycles. The zero-order valence-electron chi connectivity index (χ0n) is 13.1. The molecule has 0 unspecified atom stereocenters. The summed E-state index contributed by atoms with van der Waals surface area (Å²) in [4.78, 5) is 23.7. The van der Waals surface area contributed by atoms with Crippen LogP contribution < -0.4 is 5.32 Å². The predicted molar refractivity (Wildman–Crippen MR) is 85.9 cm³/mol. The Hall–Kier alpha value is -2.76. The largest absolute Gasteiger partial charge is 0.462 e. The van der Waals surface area contributed by atoms with Crippen LogP contribution in [0.25, 0.3) is 0 Å². The standard InChI is InChI=1S/C18H17F2NO3/c1-2-3-8-24-18(23)12-4-6-16(7-5-12)21-17(22)13-9-14(19)11-15(20)10-13/h4-7,9-11H,2-3,8H2,1H3,(H,21,22). The molecule has 0 radical (unpaired) electrons. The van der Waals surface area contributed by atoms with Crippen LogP contribution >= 0.6 is 0 Å². The van der Waals surface area contributed by atoms with Crippen LogP contribution in [-0.2, 0) is 4.74 Å². The first-order valence-corrected chi connectivity index (χ1v) is 7.54. The lowest BCUT2D eigenvalue weighted by Crippen LogP contribution is -2.13. The zero-order valence-corrected chi connectivity index (χ0v) is 13.1. The monoisotopic (exact) mass is 333 g/mol. The highest BCUT2D eigenvalue weighted by Crippen LogP contribution is 2.14. The Bertz CT molecular complexity index is 709. The van der Waals surface area contributed by atoms with Crippen molar-refractivity contribution in [2.45, 2.75) is 19.8 Å². The van der Waals surface area contributed by atoms with E-state index in [-0.39, 0.29) is 5.56 Å². The quantitative estimate of drug-likeness (QED) is 0.637. The number of benzene rings is 2. The highest BCUT2D eigenvalue weighted by Gasteiger charge is 2.11. The molecule has 0 fully saturated rings. The number of unbranched alkanes of at least 4 members (excludes halogenated alkanes) is 1. The zero-order chi connectivity index (χ0) is 17.5. The van der Waals surface area contributed by atoms with Crippen molar-refractivity contribution in [2.24, 2.45) is 0 Å². The van der Waals surface area contributed by atoms with Crippen LogP contribution in [0.3, 0.4) is 0 Å². The number of anilines is 1. The number of esters is 1. The van der Waals surface area contributed by atoms with Gasteiger partial charge in [-0.3, -0.25) is 4.79 Å². The molecule has 1 amide bonds. The number of nitrogens with one attached hydrogen (secondary N) is 1. The molecule has 0 saturated heterocycles. The van der Waals surface area contributed by atoms with Gasteiger partial charge in [-0.05, 0) is 42.8 Å². The first kappa shape index (κ1) is 17.6. The fraction of sp³-hybridized carbons (Fsp3) is 0.222. The van der Waals surface area contributed by atoms with Gasteiger partial charge in [0.15, 0.2) is 0 Å². The number of carbonyl (C=O) groups is 2. The minimum Gasteiger partial charge on any atom is -0.462 e. The predicted octanol–water partition coefficient (Wildman–Crippen LogP) is 4.17. The van der Waals surface area contributed by atoms with Gasteiger partial charge in [0.1, 0.15) is 11.6 Å². The maximum absolute atomic E-state index is 13.1. The van der Waals surface area contributed by atoms with E-state index in [9.17, 15) is 18.4 Å². The van der Waals surface area contributed by atoms with Crippen molar-refractivity contribution in [3.05, 3.63) is 65.2 Å². The van der Waals surface area contributed by atoms with E-state index in [1.54, 1.807) is 0 Å². The van der Waals surface area contributed by atoms with E-state index in [0.717, 1.165) is 25.0 Å². The molecule has 1 N–H and O–H groups in total. The molecule has 4 nitrogen and oxygen atoms in total. The van der Waals surface area contributed by atoms with Crippen LogP contribution in [0.2, 0.25) is 0 Å². The molecule has 0 aliphatic carbocycles. The fourth-order valence-corrected chi connectivity index (χ4v) is 1.97. The average molecular weight is 333 g/mol. The van der Waals surface area contributed by atoms with Gasteiger partial charge in [-0.25, -0.2) is 13.6 Å². The van der Waals surface area contributed by atoms with Crippen LogP contribution in [0, 0.1) is 11.6 Å². The fourth-order valence-electron chi connectivity index (χ4n) is 1.97. The molecule has 0 aliphatic heterocycles. The average Bonchev–Trinajstić information content (AvgIpc) is 2.54. The second-order valence-electron chi connectivity index (χ2n) is 5.18. The summed E-state index contributed by atoms with van der Waals surface area (Å²) < 4.78 is 31.3. The highest BCUT2D eigenvalue weighted by molar-refractivity contribution is 6.04. The molecule has 0 saturated carbocycles. The van der Waals surface area contributed by atoms with E-state index in [1.165, 1.54) is 24.3 Å². The lowest BCUT2D eigenvalue weighted by atomic mass is 10.1. The van der Waals surface area contributed by atoms with Gasteiger partial charge in [0.2, 0.25) is 0 Å². The van der Waals surface area contributed by atoms with Gasteiger partial charge in [0.05, 0.1) is 12.2 Å². The van der Waals surface area contributed by atoms with Crippen molar-refractivity contribution in [1.29, 1.82) is 0 Å². The van der Waals surface area contributed by atoms with Crippen molar-refractivity contribution < 1.29 is 23.1 Å². The van der Waals surface area contributed by atoms with Gasteiger partial charge >= 0.3 is 5.97 Å². The van der Waals surface area contributed by atoms with Crippen molar-refractivity contribution in [2.75, 3.05) is 11.9 Å². The van der Waals surface area contributed by atoms with Crippen molar-refractivity contribution >= 4 is 17.6 Å². The van der Waals surface area contributed by atoms with Gasteiger partial charge in [-0.15, -0.1) is 0 Å². The summed E-state index contributed by atoms with van der Waals surface area (Å²) in [5.41, 5.74) is 0.631. The smallest absolute Gasteiger partial charge is 0.338 e. The molecule has 0 aromatic heterocycles. The SMILES string of the molecule is CCCCOC(=O)c1ccc(NC(=O)c2cc(F)cc(F)c2)cc1. The third-order valence-electron chi connectivity index (χ3n) is 3.23. The van der Waals surface area contributed by atoms with Gasteiger partial charge in [-0.2, -0.15) is 0 Å². The number of hydrogen-bond donors (Lipinski definition) is 1. The van der Waals surface area contributed by atoms with Crippen LogP contribution in [0.4, 0.5) is 14.5 Å². The number of rotatable bonds is 6.